The van der Waals surface area contributed by atoms with Crippen molar-refractivity contribution in [1.29, 1.82) is 0 Å². The number of rotatable bonds is 8. The highest BCUT2D eigenvalue weighted by molar-refractivity contribution is 9.10. The molecule has 0 aliphatic rings. The fraction of sp³-hybridized carbons (Fsp3) is 0.333. The summed E-state index contributed by atoms with van der Waals surface area (Å²) < 4.78 is 2.62. The summed E-state index contributed by atoms with van der Waals surface area (Å²) in [5.41, 5.74) is 3.28. The molecule has 0 unspecified atom stereocenters. The highest BCUT2D eigenvalue weighted by atomic mass is 79.9. The van der Waals surface area contributed by atoms with Crippen molar-refractivity contribution in [3.05, 3.63) is 67.4 Å². The van der Waals surface area contributed by atoms with E-state index in [1.807, 2.05) is 46.9 Å². The van der Waals surface area contributed by atoms with Gasteiger partial charge in [-0.3, -0.25) is 9.59 Å². The van der Waals surface area contributed by atoms with Gasteiger partial charge in [-0.2, -0.15) is 0 Å². The molecule has 3 aromatic rings. The fourth-order valence-corrected chi connectivity index (χ4v) is 5.11. The smallest absolute Gasteiger partial charge is 0.253 e. The van der Waals surface area contributed by atoms with Crippen LogP contribution in [0, 0.1) is 19.8 Å². The Balaban J connectivity index is 1.69. The Labute approximate surface area is 227 Å². The van der Waals surface area contributed by atoms with Gasteiger partial charge in [0.1, 0.15) is 0 Å². The third-order valence-corrected chi connectivity index (χ3v) is 7.69. The number of carbonyl (C=O) groups is 2. The first kappa shape index (κ1) is 27.5. The lowest BCUT2D eigenvalue weighted by Crippen LogP contribution is -2.33. The fourth-order valence-electron chi connectivity index (χ4n) is 3.34. The summed E-state index contributed by atoms with van der Waals surface area (Å²) in [6.45, 7) is 7.97. The monoisotopic (exact) mass is 597 g/mol. The highest BCUT2D eigenvalue weighted by Gasteiger charge is 2.26. The third kappa shape index (κ3) is 6.78. The molecule has 7 nitrogen and oxygen atoms in total. The van der Waals surface area contributed by atoms with E-state index in [-0.39, 0.29) is 28.5 Å². The van der Waals surface area contributed by atoms with Gasteiger partial charge in [-0.05, 0) is 77.2 Å². The van der Waals surface area contributed by atoms with Crippen LogP contribution in [0.15, 0.2) is 40.0 Å². The van der Waals surface area contributed by atoms with Crippen LogP contribution < -0.4 is 10.6 Å². The van der Waals surface area contributed by atoms with Crippen LogP contribution in [0.4, 0.5) is 5.69 Å². The summed E-state index contributed by atoms with van der Waals surface area (Å²) >= 11 is 16.9. The number of halogens is 3. The van der Waals surface area contributed by atoms with Gasteiger partial charge < -0.3 is 15.2 Å². The molecule has 0 fully saturated rings. The minimum atomic E-state index is -0.415. The van der Waals surface area contributed by atoms with E-state index in [0.29, 0.717) is 21.6 Å². The molecule has 0 aliphatic heterocycles. The van der Waals surface area contributed by atoms with Crippen LogP contribution in [-0.2, 0) is 11.8 Å². The Hall–Kier alpha value is -2.07. The Bertz CT molecular complexity index is 1260. The second-order valence-corrected chi connectivity index (χ2v) is 11.1. The number of nitrogens with zero attached hydrogens (tertiary/aromatic N) is 3. The predicted octanol–water partition coefficient (Wildman–Crippen LogP) is 6.36. The lowest BCUT2D eigenvalue weighted by atomic mass is 10.0. The van der Waals surface area contributed by atoms with Crippen LogP contribution in [0.3, 0.4) is 0 Å². The standard InChI is InChI=1S/C24H26BrCl2N5O2S/c1-12(2)21(29-23(34)16-7-6-15(26)10-18(16)27)22-30-31-24(32(22)5)35-11-20(33)28-19-9-14(4)13(3)8-17(19)25/h6-10,12,21H,11H2,1-5H3,(H,28,33)(H,29,34)/t21-/m1/s1. The molecule has 1 aromatic heterocycles. The average molecular weight is 599 g/mol. The number of carbonyl (C=O) groups excluding carboxylic acids is 2. The molecule has 1 atom stereocenters. The number of thioether (sulfide) groups is 1. The minimum absolute atomic E-state index is 0.0243. The lowest BCUT2D eigenvalue weighted by Gasteiger charge is -2.22. The zero-order valence-corrected chi connectivity index (χ0v) is 23.9. The van der Waals surface area contributed by atoms with Gasteiger partial charge >= 0.3 is 0 Å². The Kier molecular flexibility index (Phi) is 9.26. The zero-order chi connectivity index (χ0) is 25.9. The molecule has 3 rings (SSSR count). The number of anilines is 1. The molecule has 0 radical (unpaired) electrons. The summed E-state index contributed by atoms with van der Waals surface area (Å²) in [7, 11) is 1.81. The topological polar surface area (TPSA) is 88.9 Å². The van der Waals surface area contributed by atoms with E-state index in [1.54, 1.807) is 16.7 Å². The van der Waals surface area contributed by atoms with Crippen molar-refractivity contribution in [2.45, 2.75) is 38.9 Å². The summed E-state index contributed by atoms with van der Waals surface area (Å²) in [6.07, 6.45) is 0. The van der Waals surface area contributed by atoms with Gasteiger partial charge in [-0.25, -0.2) is 0 Å². The molecule has 0 bridgehead atoms. The second-order valence-electron chi connectivity index (χ2n) is 8.47. The van der Waals surface area contributed by atoms with Crippen LogP contribution in [0.2, 0.25) is 10.0 Å². The summed E-state index contributed by atoms with van der Waals surface area (Å²) in [4.78, 5) is 25.4. The van der Waals surface area contributed by atoms with E-state index in [4.69, 9.17) is 23.2 Å². The van der Waals surface area contributed by atoms with Crippen LogP contribution >= 0.6 is 50.9 Å². The molecule has 0 saturated heterocycles. The van der Waals surface area contributed by atoms with E-state index < -0.39 is 6.04 Å². The molecule has 2 N–H and O–H groups in total. The van der Waals surface area contributed by atoms with E-state index in [1.165, 1.54) is 17.8 Å². The van der Waals surface area contributed by atoms with Gasteiger partial charge in [0.05, 0.1) is 28.1 Å². The quantitative estimate of drug-likeness (QED) is 0.295. The van der Waals surface area contributed by atoms with Gasteiger partial charge in [0.2, 0.25) is 5.91 Å². The molecule has 186 valence electrons. The van der Waals surface area contributed by atoms with Crippen molar-refractivity contribution < 1.29 is 9.59 Å². The van der Waals surface area contributed by atoms with Gasteiger partial charge in [-0.15, -0.1) is 10.2 Å². The molecule has 2 aromatic carbocycles. The van der Waals surface area contributed by atoms with Crippen LogP contribution in [0.25, 0.3) is 0 Å². The molecule has 11 heteroatoms. The molecule has 1 heterocycles. The Morgan fingerprint density at radius 1 is 1.11 bits per heavy atom. The number of amides is 2. The first-order valence-corrected chi connectivity index (χ1v) is 13.4. The maximum Gasteiger partial charge on any atom is 0.253 e. The normalized spacial score (nSPS) is 12.0. The van der Waals surface area contributed by atoms with Crippen LogP contribution in [0.1, 0.15) is 47.2 Å². The molecule has 0 saturated carbocycles. The maximum atomic E-state index is 12.9. The lowest BCUT2D eigenvalue weighted by molar-refractivity contribution is -0.113. The molecule has 0 spiro atoms. The Morgan fingerprint density at radius 3 is 2.46 bits per heavy atom. The SMILES string of the molecule is Cc1cc(Br)c(NC(=O)CSc2nnc([C@H](NC(=O)c3ccc(Cl)cc3Cl)C(C)C)n2C)cc1C. The summed E-state index contributed by atoms with van der Waals surface area (Å²) in [6, 6.07) is 8.23. The number of hydrogen-bond donors (Lipinski definition) is 2. The number of aromatic nitrogens is 3. The predicted molar refractivity (Wildman–Crippen MR) is 145 cm³/mol. The first-order chi connectivity index (χ1) is 16.5. The summed E-state index contributed by atoms with van der Waals surface area (Å²) in [5, 5.41) is 15.8. The van der Waals surface area contributed by atoms with Crippen molar-refractivity contribution in [2.24, 2.45) is 13.0 Å². The number of nitrogens with one attached hydrogen (secondary N) is 2. The van der Waals surface area contributed by atoms with Crippen molar-refractivity contribution in [1.82, 2.24) is 20.1 Å². The molecular formula is C24H26BrCl2N5O2S. The van der Waals surface area contributed by atoms with Crippen LogP contribution in [-0.4, -0.2) is 32.3 Å². The number of aryl methyl sites for hydroxylation is 2. The zero-order valence-electron chi connectivity index (χ0n) is 19.9. The average Bonchev–Trinajstić information content (AvgIpc) is 3.14. The van der Waals surface area contributed by atoms with Gasteiger partial charge in [0.15, 0.2) is 11.0 Å². The largest absolute Gasteiger partial charge is 0.342 e. The number of hydrogen-bond acceptors (Lipinski definition) is 5. The van der Waals surface area contributed by atoms with Crippen LogP contribution in [0.5, 0.6) is 0 Å². The van der Waals surface area contributed by atoms with Crippen molar-refractivity contribution >= 4 is 68.4 Å². The van der Waals surface area contributed by atoms with Crippen molar-refractivity contribution in [2.75, 3.05) is 11.1 Å². The Morgan fingerprint density at radius 2 is 1.80 bits per heavy atom. The second kappa shape index (κ2) is 11.8. The van der Waals surface area contributed by atoms with E-state index >= 15 is 0 Å². The molecule has 0 aliphatic carbocycles. The molecular weight excluding hydrogens is 573 g/mol. The number of benzene rings is 2. The summed E-state index contributed by atoms with van der Waals surface area (Å²) in [5.74, 6) is 0.273. The first-order valence-electron chi connectivity index (χ1n) is 10.8. The van der Waals surface area contributed by atoms with E-state index in [2.05, 4.69) is 36.8 Å². The minimum Gasteiger partial charge on any atom is -0.342 e. The molecule has 35 heavy (non-hydrogen) atoms. The van der Waals surface area contributed by atoms with Gasteiger partial charge in [0, 0.05) is 16.5 Å². The molecule has 2 amide bonds. The van der Waals surface area contributed by atoms with Gasteiger partial charge in [0.25, 0.3) is 5.91 Å². The van der Waals surface area contributed by atoms with Gasteiger partial charge in [-0.1, -0.05) is 48.8 Å². The van der Waals surface area contributed by atoms with Crippen molar-refractivity contribution in [3.8, 4) is 0 Å². The van der Waals surface area contributed by atoms with E-state index in [9.17, 15) is 9.59 Å². The third-order valence-electron chi connectivity index (χ3n) is 5.47. The maximum absolute atomic E-state index is 12.9. The van der Waals surface area contributed by atoms with E-state index in [0.717, 1.165) is 21.3 Å². The van der Waals surface area contributed by atoms with Crippen molar-refractivity contribution in [3.63, 3.8) is 0 Å². The highest BCUT2D eigenvalue weighted by Crippen LogP contribution is 2.28.